The Morgan fingerprint density at radius 1 is 1.13 bits per heavy atom. The molecule has 160 valence electrons. The second kappa shape index (κ2) is 7.82. The van der Waals surface area contributed by atoms with Crippen LogP contribution in [-0.4, -0.2) is 43.3 Å². The maximum absolute atomic E-state index is 12.5. The summed E-state index contributed by atoms with van der Waals surface area (Å²) in [5.41, 5.74) is 2.22. The van der Waals surface area contributed by atoms with Crippen LogP contribution >= 0.6 is 0 Å². The SMILES string of the molecule is C[C@H](CC(=O)Nc1ccc(CN2C(=O)NC(C)(C)C2=O)cc1)n1nnc2ccccc21. The summed E-state index contributed by atoms with van der Waals surface area (Å²) in [5, 5.41) is 13.8. The van der Waals surface area contributed by atoms with Crippen LogP contribution in [0, 0.1) is 0 Å². The van der Waals surface area contributed by atoms with Crippen molar-refractivity contribution in [2.24, 2.45) is 0 Å². The number of nitrogens with one attached hydrogen (secondary N) is 2. The molecule has 1 saturated heterocycles. The summed E-state index contributed by atoms with van der Waals surface area (Å²) < 4.78 is 1.75. The van der Waals surface area contributed by atoms with Crippen LogP contribution in [0.15, 0.2) is 48.5 Å². The number of para-hydroxylation sites is 1. The van der Waals surface area contributed by atoms with Gasteiger partial charge in [0.15, 0.2) is 0 Å². The summed E-state index contributed by atoms with van der Waals surface area (Å²) in [6, 6.07) is 14.1. The first-order valence-electron chi connectivity index (χ1n) is 10.1. The lowest BCUT2D eigenvalue weighted by Crippen LogP contribution is -2.40. The molecule has 0 aliphatic carbocycles. The van der Waals surface area contributed by atoms with Gasteiger partial charge in [0, 0.05) is 12.1 Å². The fourth-order valence-electron chi connectivity index (χ4n) is 3.62. The Morgan fingerprint density at radius 3 is 2.52 bits per heavy atom. The van der Waals surface area contributed by atoms with Gasteiger partial charge >= 0.3 is 6.03 Å². The molecule has 1 fully saturated rings. The van der Waals surface area contributed by atoms with Crippen molar-refractivity contribution in [3.8, 4) is 0 Å². The summed E-state index contributed by atoms with van der Waals surface area (Å²) in [6.45, 7) is 5.45. The number of imide groups is 1. The molecule has 1 aromatic heterocycles. The third-order valence-corrected chi connectivity index (χ3v) is 5.30. The van der Waals surface area contributed by atoms with Crippen molar-refractivity contribution >= 4 is 34.6 Å². The van der Waals surface area contributed by atoms with E-state index in [4.69, 9.17) is 0 Å². The van der Waals surface area contributed by atoms with Crippen LogP contribution in [0.5, 0.6) is 0 Å². The number of carbonyl (C=O) groups is 3. The standard InChI is InChI=1S/C22H24N6O3/c1-14(28-18-7-5-4-6-17(18)25-26-28)12-19(29)23-16-10-8-15(9-11-16)13-27-20(30)22(2,3)24-21(27)31/h4-11,14H,12-13H2,1-3H3,(H,23,29)(H,24,31)/t14-/m1/s1. The van der Waals surface area contributed by atoms with Gasteiger partial charge in [-0.25, -0.2) is 9.48 Å². The Kier molecular flexibility index (Phi) is 5.18. The number of carbonyl (C=O) groups excluding carboxylic acids is 3. The van der Waals surface area contributed by atoms with E-state index in [2.05, 4.69) is 20.9 Å². The van der Waals surface area contributed by atoms with E-state index in [1.54, 1.807) is 42.8 Å². The number of aromatic nitrogens is 3. The minimum atomic E-state index is -0.892. The van der Waals surface area contributed by atoms with Gasteiger partial charge in [-0.15, -0.1) is 5.10 Å². The molecule has 31 heavy (non-hydrogen) atoms. The monoisotopic (exact) mass is 420 g/mol. The second-order valence-electron chi connectivity index (χ2n) is 8.27. The number of rotatable bonds is 6. The van der Waals surface area contributed by atoms with Gasteiger partial charge in [0.2, 0.25) is 5.91 Å². The topological polar surface area (TPSA) is 109 Å². The van der Waals surface area contributed by atoms with Crippen molar-refractivity contribution in [2.75, 3.05) is 5.32 Å². The molecule has 4 rings (SSSR count). The van der Waals surface area contributed by atoms with Crippen molar-refractivity contribution in [3.05, 3.63) is 54.1 Å². The summed E-state index contributed by atoms with van der Waals surface area (Å²) in [7, 11) is 0. The van der Waals surface area contributed by atoms with Crippen molar-refractivity contribution < 1.29 is 14.4 Å². The highest BCUT2D eigenvalue weighted by molar-refractivity contribution is 6.06. The van der Waals surface area contributed by atoms with Crippen molar-refractivity contribution in [3.63, 3.8) is 0 Å². The molecule has 1 aliphatic rings. The van der Waals surface area contributed by atoms with E-state index in [1.807, 2.05) is 31.2 Å². The normalized spacial score (nSPS) is 16.4. The van der Waals surface area contributed by atoms with Gasteiger partial charge in [-0.2, -0.15) is 0 Å². The molecule has 2 N–H and O–H groups in total. The Labute approximate surface area is 179 Å². The second-order valence-corrected chi connectivity index (χ2v) is 8.27. The van der Waals surface area contributed by atoms with Gasteiger partial charge in [0.25, 0.3) is 5.91 Å². The van der Waals surface area contributed by atoms with E-state index in [-0.39, 0.29) is 30.8 Å². The molecule has 9 heteroatoms. The average molecular weight is 420 g/mol. The van der Waals surface area contributed by atoms with Crippen LogP contribution in [0.1, 0.15) is 38.8 Å². The van der Waals surface area contributed by atoms with Crippen LogP contribution in [-0.2, 0) is 16.1 Å². The Hall–Kier alpha value is -3.75. The number of amides is 4. The molecule has 0 radical (unpaired) electrons. The third kappa shape index (κ3) is 4.11. The summed E-state index contributed by atoms with van der Waals surface area (Å²) in [4.78, 5) is 38.0. The molecule has 2 aromatic carbocycles. The quantitative estimate of drug-likeness (QED) is 0.596. The van der Waals surface area contributed by atoms with Crippen molar-refractivity contribution in [1.82, 2.24) is 25.2 Å². The first-order valence-corrected chi connectivity index (χ1v) is 10.1. The molecule has 1 atom stereocenters. The lowest BCUT2D eigenvalue weighted by Gasteiger charge is -2.16. The maximum Gasteiger partial charge on any atom is 0.325 e. The maximum atomic E-state index is 12.5. The predicted molar refractivity (Wildman–Crippen MR) is 115 cm³/mol. The van der Waals surface area contributed by atoms with E-state index < -0.39 is 11.6 Å². The van der Waals surface area contributed by atoms with E-state index in [0.717, 1.165) is 16.6 Å². The molecule has 1 aliphatic heterocycles. The molecule has 3 aromatic rings. The molecule has 9 nitrogen and oxygen atoms in total. The lowest BCUT2D eigenvalue weighted by atomic mass is 10.1. The van der Waals surface area contributed by atoms with Crippen LogP contribution in [0.3, 0.4) is 0 Å². The number of hydrogen-bond acceptors (Lipinski definition) is 5. The first-order chi connectivity index (χ1) is 14.7. The number of urea groups is 1. The number of anilines is 1. The number of fused-ring (bicyclic) bond motifs is 1. The van der Waals surface area contributed by atoms with E-state index >= 15 is 0 Å². The minimum Gasteiger partial charge on any atom is -0.326 e. The first kappa shape index (κ1) is 20.5. The van der Waals surface area contributed by atoms with Gasteiger partial charge in [-0.3, -0.25) is 14.5 Å². The fourth-order valence-corrected chi connectivity index (χ4v) is 3.62. The molecule has 0 saturated carbocycles. The van der Waals surface area contributed by atoms with Crippen LogP contribution in [0.4, 0.5) is 10.5 Å². The largest absolute Gasteiger partial charge is 0.326 e. The summed E-state index contributed by atoms with van der Waals surface area (Å²) in [5.74, 6) is -0.403. The molecule has 4 amide bonds. The average Bonchev–Trinajstić information content (AvgIpc) is 3.23. The molecule has 0 bridgehead atoms. The lowest BCUT2D eigenvalue weighted by molar-refractivity contribution is -0.130. The zero-order valence-corrected chi connectivity index (χ0v) is 17.6. The zero-order valence-electron chi connectivity index (χ0n) is 17.6. The molecule has 0 spiro atoms. The smallest absolute Gasteiger partial charge is 0.325 e. The molecular weight excluding hydrogens is 396 g/mol. The van der Waals surface area contributed by atoms with Gasteiger partial charge in [-0.05, 0) is 50.6 Å². The highest BCUT2D eigenvalue weighted by Crippen LogP contribution is 2.21. The third-order valence-electron chi connectivity index (χ3n) is 5.30. The highest BCUT2D eigenvalue weighted by atomic mass is 16.2. The fraction of sp³-hybridized carbons (Fsp3) is 0.318. The van der Waals surface area contributed by atoms with Gasteiger partial charge in [0.1, 0.15) is 11.1 Å². The van der Waals surface area contributed by atoms with E-state index in [1.165, 1.54) is 4.90 Å². The Morgan fingerprint density at radius 2 is 1.84 bits per heavy atom. The summed E-state index contributed by atoms with van der Waals surface area (Å²) in [6.07, 6.45) is 0.243. The number of hydrogen-bond donors (Lipinski definition) is 2. The number of benzene rings is 2. The van der Waals surface area contributed by atoms with Crippen molar-refractivity contribution in [2.45, 2.75) is 45.3 Å². The van der Waals surface area contributed by atoms with Gasteiger partial charge in [0.05, 0.1) is 18.1 Å². The van der Waals surface area contributed by atoms with E-state index in [0.29, 0.717) is 5.69 Å². The Bertz CT molecular complexity index is 1150. The molecule has 0 unspecified atom stereocenters. The number of nitrogens with zero attached hydrogens (tertiary/aromatic N) is 4. The molecule has 2 heterocycles. The van der Waals surface area contributed by atoms with Gasteiger partial charge < -0.3 is 10.6 Å². The minimum absolute atomic E-state index is 0.143. The van der Waals surface area contributed by atoms with Crippen LogP contribution in [0.2, 0.25) is 0 Å². The summed E-state index contributed by atoms with van der Waals surface area (Å²) >= 11 is 0. The predicted octanol–water partition coefficient (Wildman–Crippen LogP) is 2.85. The van der Waals surface area contributed by atoms with Gasteiger partial charge in [-0.1, -0.05) is 29.5 Å². The van der Waals surface area contributed by atoms with Crippen LogP contribution in [0.25, 0.3) is 11.0 Å². The molecular formula is C22H24N6O3. The highest BCUT2D eigenvalue weighted by Gasteiger charge is 2.44. The van der Waals surface area contributed by atoms with E-state index in [9.17, 15) is 14.4 Å². The zero-order chi connectivity index (χ0) is 22.2. The Balaban J connectivity index is 1.36. The van der Waals surface area contributed by atoms with Crippen LogP contribution < -0.4 is 10.6 Å². The van der Waals surface area contributed by atoms with Crippen molar-refractivity contribution in [1.29, 1.82) is 0 Å².